The molecule has 0 spiro atoms. The van der Waals surface area contributed by atoms with Crippen LogP contribution in [0.15, 0.2) is 42.5 Å². The fourth-order valence-electron chi connectivity index (χ4n) is 3.36. The summed E-state index contributed by atoms with van der Waals surface area (Å²) in [6.07, 6.45) is 2.95. The van der Waals surface area contributed by atoms with E-state index in [4.69, 9.17) is 4.98 Å². The molecule has 3 nitrogen and oxygen atoms in total. The third-order valence-corrected chi connectivity index (χ3v) is 5.92. The van der Waals surface area contributed by atoms with Gasteiger partial charge in [-0.05, 0) is 56.0 Å². The molecule has 1 aromatic heterocycles. The number of hydrogen-bond donors (Lipinski definition) is 0. The zero-order chi connectivity index (χ0) is 17.4. The summed E-state index contributed by atoms with van der Waals surface area (Å²) in [4.78, 5) is 19.6. The predicted molar refractivity (Wildman–Crippen MR) is 98.4 cm³/mol. The average molecular weight is 354 g/mol. The number of likely N-dealkylation sites (tertiary alicyclic amines) is 1. The summed E-state index contributed by atoms with van der Waals surface area (Å²) in [6.45, 7) is 2.39. The summed E-state index contributed by atoms with van der Waals surface area (Å²) < 4.78 is 15.0. The summed E-state index contributed by atoms with van der Waals surface area (Å²) in [5.41, 5.74) is 1.94. The van der Waals surface area contributed by atoms with E-state index in [-0.39, 0.29) is 17.8 Å². The number of fused-ring (bicyclic) bond motifs is 1. The fraction of sp³-hybridized carbons (Fsp3) is 0.300. The van der Waals surface area contributed by atoms with Crippen LogP contribution >= 0.6 is 11.3 Å². The SMILES string of the molecule is Cc1ccc(C(=O)N2CCCC[C@H]2c2nc3ccccc3s2)cc1F. The molecule has 0 saturated carbocycles. The Balaban J connectivity index is 1.68. The summed E-state index contributed by atoms with van der Waals surface area (Å²) in [6, 6.07) is 12.7. The van der Waals surface area contributed by atoms with Crippen LogP contribution < -0.4 is 0 Å². The van der Waals surface area contributed by atoms with Crippen molar-refractivity contribution in [3.63, 3.8) is 0 Å². The van der Waals surface area contributed by atoms with Crippen molar-refractivity contribution in [2.75, 3.05) is 6.54 Å². The number of carbonyl (C=O) groups excluding carboxylic acids is 1. The van der Waals surface area contributed by atoms with Gasteiger partial charge in [0.05, 0.1) is 16.3 Å². The number of amides is 1. The van der Waals surface area contributed by atoms with E-state index in [9.17, 15) is 9.18 Å². The highest BCUT2D eigenvalue weighted by molar-refractivity contribution is 7.18. The van der Waals surface area contributed by atoms with E-state index in [1.165, 1.54) is 6.07 Å². The van der Waals surface area contributed by atoms with Gasteiger partial charge in [0, 0.05) is 12.1 Å². The van der Waals surface area contributed by atoms with Gasteiger partial charge in [-0.25, -0.2) is 9.37 Å². The van der Waals surface area contributed by atoms with E-state index in [1.807, 2.05) is 23.1 Å². The lowest BCUT2D eigenvalue weighted by Gasteiger charge is -2.34. The molecule has 2 heterocycles. The summed E-state index contributed by atoms with van der Waals surface area (Å²) in [5, 5.41) is 0.974. The quantitative estimate of drug-likeness (QED) is 0.640. The van der Waals surface area contributed by atoms with Gasteiger partial charge in [-0.2, -0.15) is 0 Å². The minimum Gasteiger partial charge on any atom is -0.329 e. The van der Waals surface area contributed by atoms with Crippen molar-refractivity contribution in [1.82, 2.24) is 9.88 Å². The standard InChI is InChI=1S/C20H19FN2OS/c1-13-9-10-14(12-15(13)21)20(24)23-11-5-4-7-17(23)19-22-16-6-2-3-8-18(16)25-19/h2-3,6,8-10,12,17H,4-5,7,11H2,1H3/t17-/m0/s1. The summed E-state index contributed by atoms with van der Waals surface area (Å²) in [7, 11) is 0. The Morgan fingerprint density at radius 3 is 2.88 bits per heavy atom. The molecule has 25 heavy (non-hydrogen) atoms. The van der Waals surface area contributed by atoms with Gasteiger partial charge in [0.2, 0.25) is 0 Å². The minimum atomic E-state index is -0.334. The van der Waals surface area contributed by atoms with Gasteiger partial charge < -0.3 is 4.90 Å². The van der Waals surface area contributed by atoms with Gasteiger partial charge in [-0.15, -0.1) is 11.3 Å². The normalized spacial score (nSPS) is 17.8. The maximum atomic E-state index is 13.9. The highest BCUT2D eigenvalue weighted by atomic mass is 32.1. The zero-order valence-corrected chi connectivity index (χ0v) is 14.9. The van der Waals surface area contributed by atoms with Crippen molar-refractivity contribution in [3.05, 3.63) is 64.4 Å². The van der Waals surface area contributed by atoms with Crippen molar-refractivity contribution < 1.29 is 9.18 Å². The minimum absolute atomic E-state index is 0.0250. The molecule has 1 aliphatic heterocycles. The van der Waals surface area contributed by atoms with E-state index in [1.54, 1.807) is 30.4 Å². The maximum absolute atomic E-state index is 13.9. The van der Waals surface area contributed by atoms with Gasteiger partial charge >= 0.3 is 0 Å². The highest BCUT2D eigenvalue weighted by Gasteiger charge is 2.31. The fourth-order valence-corrected chi connectivity index (χ4v) is 4.47. The molecule has 128 valence electrons. The molecule has 1 atom stereocenters. The van der Waals surface area contributed by atoms with Gasteiger partial charge in [-0.3, -0.25) is 4.79 Å². The lowest BCUT2D eigenvalue weighted by Crippen LogP contribution is -2.38. The average Bonchev–Trinajstić information content (AvgIpc) is 3.07. The number of halogens is 1. The Hall–Kier alpha value is -2.27. The second-order valence-corrected chi connectivity index (χ2v) is 7.56. The number of rotatable bonds is 2. The molecule has 1 amide bonds. The number of nitrogens with zero attached hydrogens (tertiary/aromatic N) is 2. The Bertz CT molecular complexity index is 903. The van der Waals surface area contributed by atoms with Crippen LogP contribution in [0.4, 0.5) is 4.39 Å². The molecule has 1 aliphatic rings. The Morgan fingerprint density at radius 2 is 2.08 bits per heavy atom. The summed E-state index contributed by atoms with van der Waals surface area (Å²) in [5.74, 6) is -0.442. The Morgan fingerprint density at radius 1 is 1.24 bits per heavy atom. The second-order valence-electron chi connectivity index (χ2n) is 6.49. The van der Waals surface area contributed by atoms with Crippen LogP contribution in [0.5, 0.6) is 0 Å². The molecule has 0 unspecified atom stereocenters. The Labute approximate surface area is 150 Å². The van der Waals surface area contributed by atoms with Crippen molar-refractivity contribution in [2.45, 2.75) is 32.2 Å². The number of aryl methyl sites for hydroxylation is 1. The van der Waals surface area contributed by atoms with E-state index in [2.05, 4.69) is 6.07 Å². The second kappa shape index (κ2) is 6.56. The van der Waals surface area contributed by atoms with Crippen molar-refractivity contribution >= 4 is 27.5 Å². The van der Waals surface area contributed by atoms with Crippen LogP contribution in [0.1, 0.15) is 46.2 Å². The van der Waals surface area contributed by atoms with Crippen LogP contribution in [0, 0.1) is 12.7 Å². The van der Waals surface area contributed by atoms with Gasteiger partial charge in [-0.1, -0.05) is 18.2 Å². The van der Waals surface area contributed by atoms with Crippen molar-refractivity contribution in [2.24, 2.45) is 0 Å². The van der Waals surface area contributed by atoms with E-state index in [0.717, 1.165) is 34.5 Å². The van der Waals surface area contributed by atoms with Crippen molar-refractivity contribution in [1.29, 1.82) is 0 Å². The topological polar surface area (TPSA) is 33.2 Å². The lowest BCUT2D eigenvalue weighted by atomic mass is 10.0. The molecule has 4 rings (SSSR count). The van der Waals surface area contributed by atoms with Gasteiger partial charge in [0.1, 0.15) is 10.8 Å². The zero-order valence-electron chi connectivity index (χ0n) is 14.0. The predicted octanol–water partition coefficient (Wildman–Crippen LogP) is 5.11. The van der Waals surface area contributed by atoms with Crippen LogP contribution in [0.25, 0.3) is 10.2 Å². The van der Waals surface area contributed by atoms with Crippen LogP contribution in [0.3, 0.4) is 0 Å². The number of para-hydroxylation sites is 1. The molecule has 1 fully saturated rings. The van der Waals surface area contributed by atoms with E-state index in [0.29, 0.717) is 17.7 Å². The number of benzene rings is 2. The molecule has 0 aliphatic carbocycles. The lowest BCUT2D eigenvalue weighted by molar-refractivity contribution is 0.0611. The largest absolute Gasteiger partial charge is 0.329 e. The molecule has 0 N–H and O–H groups in total. The van der Waals surface area contributed by atoms with E-state index >= 15 is 0 Å². The number of thiazole rings is 1. The van der Waals surface area contributed by atoms with Gasteiger partial charge in [0.15, 0.2) is 0 Å². The van der Waals surface area contributed by atoms with Crippen LogP contribution in [0.2, 0.25) is 0 Å². The molecular formula is C20H19FN2OS. The molecule has 0 bridgehead atoms. The first-order chi connectivity index (χ1) is 12.1. The molecule has 1 saturated heterocycles. The first kappa shape index (κ1) is 16.2. The molecule has 2 aromatic carbocycles. The number of carbonyl (C=O) groups is 1. The van der Waals surface area contributed by atoms with Crippen LogP contribution in [-0.2, 0) is 0 Å². The Kier molecular flexibility index (Phi) is 4.25. The molecule has 0 radical (unpaired) electrons. The van der Waals surface area contributed by atoms with Crippen molar-refractivity contribution in [3.8, 4) is 0 Å². The van der Waals surface area contributed by atoms with Gasteiger partial charge in [0.25, 0.3) is 5.91 Å². The van der Waals surface area contributed by atoms with Crippen LogP contribution in [-0.4, -0.2) is 22.3 Å². The third kappa shape index (κ3) is 3.04. The maximum Gasteiger partial charge on any atom is 0.254 e. The number of hydrogen-bond acceptors (Lipinski definition) is 3. The first-order valence-corrected chi connectivity index (χ1v) is 9.38. The third-order valence-electron chi connectivity index (χ3n) is 4.78. The monoisotopic (exact) mass is 354 g/mol. The first-order valence-electron chi connectivity index (χ1n) is 8.56. The van der Waals surface area contributed by atoms with E-state index < -0.39 is 0 Å². The molecular weight excluding hydrogens is 335 g/mol. The summed E-state index contributed by atoms with van der Waals surface area (Å²) >= 11 is 1.65. The number of piperidine rings is 1. The molecule has 3 aromatic rings. The molecule has 5 heteroatoms. The highest BCUT2D eigenvalue weighted by Crippen LogP contribution is 2.36. The smallest absolute Gasteiger partial charge is 0.254 e. The number of aromatic nitrogens is 1.